The van der Waals surface area contributed by atoms with Gasteiger partial charge in [0.1, 0.15) is 0 Å². The van der Waals surface area contributed by atoms with Crippen molar-refractivity contribution in [3.05, 3.63) is 0 Å². The van der Waals surface area contributed by atoms with Crippen LogP contribution in [0.15, 0.2) is 0 Å². The van der Waals surface area contributed by atoms with E-state index in [-0.39, 0.29) is 41.3 Å². The molecule has 0 aromatic carbocycles. The topological polar surface area (TPSA) is 232 Å². The van der Waals surface area contributed by atoms with E-state index in [1.165, 1.54) is 0 Å². The number of isothiocyanates is 4. The first-order valence-electron chi connectivity index (χ1n) is 1.82. The number of rotatable bonds is 0. The van der Waals surface area contributed by atoms with E-state index in [0.717, 1.165) is 0 Å². The summed E-state index contributed by atoms with van der Waals surface area (Å²) in [6.07, 6.45) is 0. The monoisotopic (exact) mass is 357 g/mol. The molecular formula is C4H15CrN7OS4+3. The van der Waals surface area contributed by atoms with Crippen molar-refractivity contribution in [2.45, 2.75) is 0 Å². The Labute approximate surface area is 132 Å². The van der Waals surface area contributed by atoms with Crippen LogP contribution in [0.25, 0.3) is 0 Å². The number of hydrogen-bond donors (Lipinski definition) is 7. The fourth-order valence-electron chi connectivity index (χ4n) is 0. The number of nitrogens with one attached hydrogen (secondary N) is 4. The molecule has 0 bridgehead atoms. The van der Waals surface area contributed by atoms with Crippen LogP contribution in [-0.4, -0.2) is 26.1 Å². The third kappa shape index (κ3) is 15700. The summed E-state index contributed by atoms with van der Waals surface area (Å²) in [4.78, 5) is 0. The van der Waals surface area contributed by atoms with Crippen LogP contribution in [0.2, 0.25) is 0 Å². The molecule has 8 nitrogen and oxygen atoms in total. The molecule has 0 unspecified atom stereocenters. The van der Waals surface area contributed by atoms with Gasteiger partial charge in [0, 0.05) is 0 Å². The van der Waals surface area contributed by atoms with Crippen molar-refractivity contribution in [3.8, 4) is 0 Å². The van der Waals surface area contributed by atoms with E-state index in [1.807, 2.05) is 0 Å². The predicted octanol–water partition coefficient (Wildman–Crippen LogP) is 2.33. The van der Waals surface area contributed by atoms with Crippen molar-refractivity contribution in [3.63, 3.8) is 0 Å². The van der Waals surface area contributed by atoms with E-state index < -0.39 is 0 Å². The zero-order valence-corrected chi connectivity index (χ0v) is 13.2. The molecule has 0 aromatic rings. The second kappa shape index (κ2) is 259. The van der Waals surface area contributed by atoms with Crippen molar-refractivity contribution in [2.75, 3.05) is 0 Å². The molecule has 0 amide bonds. The molecule has 0 aliphatic carbocycles. The minimum absolute atomic E-state index is 0. The summed E-state index contributed by atoms with van der Waals surface area (Å²) >= 11 is 15.2. The van der Waals surface area contributed by atoms with Gasteiger partial charge in [0.2, 0.25) is 0 Å². The fraction of sp³-hybridized carbons (Fsp3) is 0. The Balaban J connectivity index is -0.00000000653. The van der Waals surface area contributed by atoms with E-state index in [4.69, 9.17) is 21.6 Å². The summed E-state index contributed by atoms with van der Waals surface area (Å²) < 4.78 is 0. The Kier molecular flexibility index (Phi) is 1070. The Bertz CT molecular complexity index is 166. The molecule has 15 N–H and O–H groups in total. The van der Waals surface area contributed by atoms with Gasteiger partial charge >= 0.3 is 17.4 Å². The van der Waals surface area contributed by atoms with E-state index in [1.54, 1.807) is 20.6 Å². The smallest absolute Gasteiger partial charge is 0.412 e. The average Bonchev–Trinajstić information content (AvgIpc) is 1.92. The molecule has 0 fully saturated rings. The van der Waals surface area contributed by atoms with Crippen LogP contribution in [-0.2, 0) is 17.4 Å². The third-order valence-electron chi connectivity index (χ3n) is 0. The maximum atomic E-state index is 5.77. The van der Waals surface area contributed by atoms with Gasteiger partial charge in [-0.3, -0.25) is 0 Å². The first-order chi connectivity index (χ1) is 5.66. The second-order valence-electron chi connectivity index (χ2n) is 0.408. The molecule has 0 atom stereocenters. The van der Waals surface area contributed by atoms with Gasteiger partial charge in [0.25, 0.3) is 0 Å². The molecule has 0 rings (SSSR count). The largest absolute Gasteiger partial charge is 3.00 e. The summed E-state index contributed by atoms with van der Waals surface area (Å²) in [6.45, 7) is 0. The van der Waals surface area contributed by atoms with Crippen LogP contribution in [0, 0.1) is 21.6 Å². The summed E-state index contributed by atoms with van der Waals surface area (Å²) in [5, 5.41) is 29.4. The van der Waals surface area contributed by atoms with Crippen molar-refractivity contribution in [1.29, 1.82) is 21.6 Å². The molecule has 0 heterocycles. The van der Waals surface area contributed by atoms with Gasteiger partial charge in [-0.05, 0) is 48.9 Å². The van der Waals surface area contributed by atoms with Crippen LogP contribution in [0.5, 0.6) is 0 Å². The fourth-order valence-corrected chi connectivity index (χ4v) is 0. The molecule has 0 spiro atoms. The first-order valence-corrected chi connectivity index (χ1v) is 3.45. The van der Waals surface area contributed by atoms with Crippen LogP contribution in [0.3, 0.4) is 0 Å². The molecule has 0 aliphatic heterocycles. The number of hydrogen-bond acceptors (Lipinski definition) is 11. The predicted molar refractivity (Wildman–Crippen MR) is 80.0 cm³/mol. The molecule has 0 aromatic heterocycles. The molecule has 13 heteroatoms. The Morgan fingerprint density at radius 2 is 0.529 bits per heavy atom. The molecule has 0 saturated carbocycles. The maximum absolute atomic E-state index is 5.77. The van der Waals surface area contributed by atoms with E-state index >= 15 is 0 Å². The standard InChI is InChI=1S/4CHNS.Cr.3H3N.H2O/c4*2-1-3;;;;;/h4*2H;;3*1H3;1H2/q;;;;+3;;;;. The molecular weight excluding hydrogens is 342 g/mol. The van der Waals surface area contributed by atoms with Crippen LogP contribution >= 0.6 is 48.9 Å². The Morgan fingerprint density at radius 1 is 0.529 bits per heavy atom. The summed E-state index contributed by atoms with van der Waals surface area (Å²) in [5.74, 6) is 0. The van der Waals surface area contributed by atoms with Crippen LogP contribution < -0.4 is 18.5 Å². The second-order valence-corrected chi connectivity index (χ2v) is 1.22. The SMILES string of the molecule is N.N.N.N=C=S.N=C=S.N=C=S.N=C=S.O.[Cr+3]. The molecule has 99 valence electrons. The van der Waals surface area contributed by atoms with Gasteiger partial charge < -0.3 is 23.9 Å². The third-order valence-corrected chi connectivity index (χ3v) is 0. The minimum Gasteiger partial charge on any atom is -0.412 e. The minimum atomic E-state index is 0. The zero-order chi connectivity index (χ0) is 10.8. The van der Waals surface area contributed by atoms with Gasteiger partial charge in [-0.15, -0.1) is 0 Å². The van der Waals surface area contributed by atoms with Crippen molar-refractivity contribution in [1.82, 2.24) is 18.5 Å². The molecule has 0 aliphatic rings. The van der Waals surface area contributed by atoms with Gasteiger partial charge in [0.15, 0.2) is 0 Å². The van der Waals surface area contributed by atoms with Crippen LogP contribution in [0.4, 0.5) is 0 Å². The Morgan fingerprint density at radius 3 is 0.529 bits per heavy atom. The molecule has 17 heavy (non-hydrogen) atoms. The average molecular weight is 357 g/mol. The first kappa shape index (κ1) is 70.1. The van der Waals surface area contributed by atoms with Crippen LogP contribution in [0.1, 0.15) is 0 Å². The van der Waals surface area contributed by atoms with E-state index in [2.05, 4.69) is 48.9 Å². The number of thiocarbonyl (C=S) groups is 4. The zero-order valence-electron chi connectivity index (χ0n) is 8.66. The van der Waals surface area contributed by atoms with Gasteiger partial charge in [0.05, 0.1) is 20.6 Å². The van der Waals surface area contributed by atoms with Crippen molar-refractivity contribution >= 4 is 69.5 Å². The van der Waals surface area contributed by atoms with Crippen molar-refractivity contribution in [2.24, 2.45) is 0 Å². The molecule has 1 radical (unpaired) electrons. The Hall–Kier alpha value is -0.428. The van der Waals surface area contributed by atoms with Gasteiger partial charge in [-0.2, -0.15) is 0 Å². The summed E-state index contributed by atoms with van der Waals surface area (Å²) in [6, 6.07) is 0. The maximum Gasteiger partial charge on any atom is 3.00 e. The summed E-state index contributed by atoms with van der Waals surface area (Å²) in [5.41, 5.74) is 0. The van der Waals surface area contributed by atoms with Gasteiger partial charge in [-0.25, -0.2) is 21.6 Å². The van der Waals surface area contributed by atoms with E-state index in [0.29, 0.717) is 0 Å². The quantitative estimate of drug-likeness (QED) is 0.252. The van der Waals surface area contributed by atoms with Gasteiger partial charge in [-0.1, -0.05) is 0 Å². The van der Waals surface area contributed by atoms with E-state index in [9.17, 15) is 0 Å². The molecule has 0 saturated heterocycles. The normalized spacial score (nSPS) is 1.88. The summed E-state index contributed by atoms with van der Waals surface area (Å²) in [7, 11) is 0. The van der Waals surface area contributed by atoms with Crippen molar-refractivity contribution < 1.29 is 22.8 Å².